The molecule has 0 radical (unpaired) electrons. The fraction of sp³-hybridized carbons (Fsp3) is 0.357. The highest BCUT2D eigenvalue weighted by atomic mass is 16.2. The normalized spacial score (nSPS) is 25.4. The average molecular weight is 426 g/mol. The molecule has 4 atom stereocenters. The third-order valence-corrected chi connectivity index (χ3v) is 7.22. The van der Waals surface area contributed by atoms with Crippen molar-refractivity contribution in [2.45, 2.75) is 56.8 Å². The van der Waals surface area contributed by atoms with Gasteiger partial charge in [-0.1, -0.05) is 66.7 Å². The molecule has 1 aliphatic heterocycles. The summed E-state index contributed by atoms with van der Waals surface area (Å²) < 4.78 is 0. The number of rotatable bonds is 6. The first kappa shape index (κ1) is 20.9. The number of hydrogen-bond acceptors (Lipinski definition) is 3. The molecule has 164 valence electrons. The molecule has 5 rings (SSSR count). The van der Waals surface area contributed by atoms with Crippen molar-refractivity contribution in [2.24, 2.45) is 5.92 Å². The van der Waals surface area contributed by atoms with Crippen LogP contribution in [0.1, 0.15) is 48.3 Å². The molecular formula is C28H31N3O. The number of likely N-dealkylation sites (tertiary alicyclic amines) is 1. The van der Waals surface area contributed by atoms with Crippen molar-refractivity contribution in [3.05, 3.63) is 102 Å². The second kappa shape index (κ2) is 9.66. The maximum Gasteiger partial charge on any atom is 0.223 e. The van der Waals surface area contributed by atoms with Crippen LogP contribution in [0.4, 0.5) is 0 Å². The molecular weight excluding hydrogens is 394 g/mol. The monoisotopic (exact) mass is 425 g/mol. The van der Waals surface area contributed by atoms with Gasteiger partial charge in [0.15, 0.2) is 0 Å². The number of nitrogens with one attached hydrogen (secondary N) is 1. The highest BCUT2D eigenvalue weighted by Gasteiger charge is 2.47. The zero-order valence-corrected chi connectivity index (χ0v) is 18.4. The van der Waals surface area contributed by atoms with Crippen molar-refractivity contribution >= 4 is 5.91 Å². The van der Waals surface area contributed by atoms with Gasteiger partial charge < -0.3 is 10.2 Å². The molecule has 1 aromatic heterocycles. The van der Waals surface area contributed by atoms with Crippen molar-refractivity contribution < 1.29 is 4.79 Å². The summed E-state index contributed by atoms with van der Waals surface area (Å²) in [6, 6.07) is 25.9. The van der Waals surface area contributed by atoms with Crippen LogP contribution in [0.2, 0.25) is 0 Å². The van der Waals surface area contributed by atoms with Crippen LogP contribution in [0.5, 0.6) is 0 Å². The Labute approximate surface area is 190 Å². The summed E-state index contributed by atoms with van der Waals surface area (Å²) in [5.41, 5.74) is 3.72. The predicted octanol–water partition coefficient (Wildman–Crippen LogP) is 4.92. The van der Waals surface area contributed by atoms with E-state index in [1.54, 1.807) is 0 Å². The first-order chi connectivity index (χ1) is 15.8. The van der Waals surface area contributed by atoms with Gasteiger partial charge >= 0.3 is 0 Å². The molecule has 1 aliphatic carbocycles. The minimum Gasteiger partial charge on any atom is -0.335 e. The van der Waals surface area contributed by atoms with Crippen molar-refractivity contribution in [1.82, 2.24) is 15.2 Å². The summed E-state index contributed by atoms with van der Waals surface area (Å²) in [6.45, 7) is 1.52. The number of aromatic nitrogens is 1. The summed E-state index contributed by atoms with van der Waals surface area (Å²) in [5.74, 6) is 0.952. The molecule has 3 aromatic rings. The molecule has 32 heavy (non-hydrogen) atoms. The van der Waals surface area contributed by atoms with Crippen LogP contribution in [-0.4, -0.2) is 27.9 Å². The smallest absolute Gasteiger partial charge is 0.223 e. The minimum atomic E-state index is 0.257. The maximum absolute atomic E-state index is 13.4. The lowest BCUT2D eigenvalue weighted by molar-refractivity contribution is -0.143. The highest BCUT2D eigenvalue weighted by molar-refractivity contribution is 5.79. The minimum absolute atomic E-state index is 0.257. The largest absolute Gasteiger partial charge is 0.335 e. The molecule has 2 fully saturated rings. The molecule has 2 aliphatic rings. The number of benzene rings is 2. The zero-order chi connectivity index (χ0) is 21.8. The van der Waals surface area contributed by atoms with E-state index in [1.165, 1.54) is 16.7 Å². The van der Waals surface area contributed by atoms with E-state index in [2.05, 4.69) is 75.9 Å². The van der Waals surface area contributed by atoms with Gasteiger partial charge in [0.2, 0.25) is 5.91 Å². The Bertz CT molecular complexity index is 1010. The fourth-order valence-corrected chi connectivity index (χ4v) is 5.75. The molecule has 4 heteroatoms. The zero-order valence-electron chi connectivity index (χ0n) is 18.4. The lowest BCUT2D eigenvalue weighted by Crippen LogP contribution is -2.59. The number of piperidine rings is 1. The van der Waals surface area contributed by atoms with Gasteiger partial charge in [-0.2, -0.15) is 0 Å². The molecule has 1 saturated carbocycles. The summed E-state index contributed by atoms with van der Waals surface area (Å²) in [7, 11) is 0. The van der Waals surface area contributed by atoms with Gasteiger partial charge in [-0.05, 0) is 47.9 Å². The number of nitrogens with zero attached hydrogens (tertiary/aromatic N) is 2. The standard InChI is InChI=1S/C28H31N3O/c32-27-17-24(23-12-5-2-6-13-23)28-25(30-19-22-11-8-16-29-18-22)14-7-15-26(28)31(27)20-21-9-3-1-4-10-21/h1-6,8-13,16,18,24-26,28,30H,7,14-15,17,19-20H2/t24-,25+,26-,28+/m1/s1. The number of amides is 1. The van der Waals surface area contributed by atoms with Crippen LogP contribution >= 0.6 is 0 Å². The van der Waals surface area contributed by atoms with Crippen LogP contribution in [-0.2, 0) is 17.9 Å². The average Bonchev–Trinajstić information content (AvgIpc) is 2.86. The molecule has 2 heterocycles. The lowest BCUT2D eigenvalue weighted by atomic mass is 9.66. The van der Waals surface area contributed by atoms with Gasteiger partial charge in [-0.25, -0.2) is 0 Å². The van der Waals surface area contributed by atoms with E-state index >= 15 is 0 Å². The number of fused-ring (bicyclic) bond motifs is 1. The van der Waals surface area contributed by atoms with E-state index in [-0.39, 0.29) is 17.9 Å². The molecule has 0 spiro atoms. The Hall–Kier alpha value is -2.98. The highest BCUT2D eigenvalue weighted by Crippen LogP contribution is 2.45. The van der Waals surface area contributed by atoms with E-state index in [4.69, 9.17) is 0 Å². The quantitative estimate of drug-likeness (QED) is 0.609. The Morgan fingerprint density at radius 2 is 1.66 bits per heavy atom. The van der Waals surface area contributed by atoms with Gasteiger partial charge in [-0.15, -0.1) is 0 Å². The van der Waals surface area contributed by atoms with Gasteiger partial charge in [0, 0.05) is 49.9 Å². The predicted molar refractivity (Wildman–Crippen MR) is 127 cm³/mol. The first-order valence-electron chi connectivity index (χ1n) is 11.8. The van der Waals surface area contributed by atoms with Crippen molar-refractivity contribution in [3.63, 3.8) is 0 Å². The summed E-state index contributed by atoms with van der Waals surface area (Å²) >= 11 is 0. The van der Waals surface area contributed by atoms with Crippen LogP contribution in [0.25, 0.3) is 0 Å². The van der Waals surface area contributed by atoms with Gasteiger partial charge in [-0.3, -0.25) is 9.78 Å². The summed E-state index contributed by atoms with van der Waals surface area (Å²) in [6.07, 6.45) is 7.72. The second-order valence-electron chi connectivity index (χ2n) is 9.15. The van der Waals surface area contributed by atoms with Gasteiger partial charge in [0.25, 0.3) is 0 Å². The van der Waals surface area contributed by atoms with Crippen molar-refractivity contribution in [1.29, 1.82) is 0 Å². The van der Waals surface area contributed by atoms with E-state index in [1.807, 2.05) is 24.5 Å². The SMILES string of the molecule is O=C1C[C@H](c2ccccc2)[C@H]2[C@@H](NCc3cccnc3)CCC[C@H]2N1Cc1ccccc1. The third-order valence-electron chi connectivity index (χ3n) is 7.22. The first-order valence-corrected chi connectivity index (χ1v) is 11.8. The van der Waals surface area contributed by atoms with Crippen molar-refractivity contribution in [3.8, 4) is 0 Å². The van der Waals surface area contributed by atoms with E-state index < -0.39 is 0 Å². The van der Waals surface area contributed by atoms with Crippen molar-refractivity contribution in [2.75, 3.05) is 0 Å². The second-order valence-corrected chi connectivity index (χ2v) is 9.15. The van der Waals surface area contributed by atoms with Crippen LogP contribution < -0.4 is 5.32 Å². The molecule has 0 unspecified atom stereocenters. The van der Waals surface area contributed by atoms with Crippen LogP contribution in [0, 0.1) is 5.92 Å². The summed E-state index contributed by atoms with van der Waals surface area (Å²) in [5, 5.41) is 3.86. The molecule has 2 aromatic carbocycles. The number of pyridine rings is 1. The summed E-state index contributed by atoms with van der Waals surface area (Å²) in [4.78, 5) is 19.9. The topological polar surface area (TPSA) is 45.2 Å². The molecule has 4 nitrogen and oxygen atoms in total. The molecule has 1 amide bonds. The van der Waals surface area contributed by atoms with Gasteiger partial charge in [0.1, 0.15) is 0 Å². The van der Waals surface area contributed by atoms with E-state index in [0.29, 0.717) is 24.9 Å². The van der Waals surface area contributed by atoms with Crippen LogP contribution in [0.15, 0.2) is 85.2 Å². The third kappa shape index (κ3) is 4.46. The lowest BCUT2D eigenvalue weighted by Gasteiger charge is -2.51. The van der Waals surface area contributed by atoms with Gasteiger partial charge in [0.05, 0.1) is 0 Å². The molecule has 1 saturated heterocycles. The Morgan fingerprint density at radius 3 is 2.41 bits per heavy atom. The Kier molecular flexibility index (Phi) is 6.31. The van der Waals surface area contributed by atoms with E-state index in [0.717, 1.165) is 25.8 Å². The number of carbonyl (C=O) groups is 1. The van der Waals surface area contributed by atoms with Crippen LogP contribution in [0.3, 0.4) is 0 Å². The number of hydrogen-bond donors (Lipinski definition) is 1. The number of carbonyl (C=O) groups excluding carboxylic acids is 1. The molecule has 0 bridgehead atoms. The molecule has 1 N–H and O–H groups in total. The Morgan fingerprint density at radius 1 is 0.906 bits per heavy atom. The maximum atomic E-state index is 13.4. The fourth-order valence-electron chi connectivity index (χ4n) is 5.75. The van der Waals surface area contributed by atoms with E-state index in [9.17, 15) is 4.79 Å². The Balaban J connectivity index is 1.43.